The molecule has 0 atom stereocenters. The molecule has 0 bridgehead atoms. The summed E-state index contributed by atoms with van der Waals surface area (Å²) in [4.78, 5) is 30.8. The maximum absolute atomic E-state index is 12.5. The first-order chi connectivity index (χ1) is 14.4. The van der Waals surface area contributed by atoms with Gasteiger partial charge in [0.25, 0.3) is 0 Å². The molecule has 2 aliphatic rings. The Morgan fingerprint density at radius 1 is 1.10 bits per heavy atom. The fraction of sp³-hybridized carbons (Fsp3) is 0.762. The lowest BCUT2D eigenvalue weighted by atomic mass is 9.98. The summed E-state index contributed by atoms with van der Waals surface area (Å²) in [6, 6.07) is 0.393. The molecule has 2 aliphatic heterocycles. The van der Waals surface area contributed by atoms with Crippen molar-refractivity contribution >= 4 is 12.1 Å². The number of hydrogen-bond donors (Lipinski definition) is 0. The number of piperidine rings is 1. The minimum atomic E-state index is -0.337. The summed E-state index contributed by atoms with van der Waals surface area (Å²) >= 11 is 0. The van der Waals surface area contributed by atoms with E-state index in [-0.39, 0.29) is 12.1 Å². The van der Waals surface area contributed by atoms with Crippen LogP contribution >= 0.6 is 0 Å². The van der Waals surface area contributed by atoms with Gasteiger partial charge in [-0.25, -0.2) is 9.59 Å². The molecule has 0 unspecified atom stereocenters. The van der Waals surface area contributed by atoms with Crippen LogP contribution in [0.5, 0.6) is 0 Å². The van der Waals surface area contributed by atoms with Crippen LogP contribution in [-0.2, 0) is 29.0 Å². The average molecular weight is 422 g/mol. The van der Waals surface area contributed by atoms with E-state index in [4.69, 9.17) is 9.47 Å². The molecule has 168 valence electrons. The molecule has 9 nitrogen and oxygen atoms in total. The SMILES string of the molecule is CCOC(=O)c1nn(CCN(C)C)c2c1CN(C1CCN(C(=O)OCC)CC1)CC2. The van der Waals surface area contributed by atoms with Crippen molar-refractivity contribution in [1.82, 2.24) is 24.5 Å². The van der Waals surface area contributed by atoms with Gasteiger partial charge in [-0.15, -0.1) is 0 Å². The first-order valence-corrected chi connectivity index (χ1v) is 11.0. The summed E-state index contributed by atoms with van der Waals surface area (Å²) in [6.07, 6.45) is 2.48. The summed E-state index contributed by atoms with van der Waals surface area (Å²) in [5.74, 6) is -0.337. The number of aromatic nitrogens is 2. The lowest BCUT2D eigenvalue weighted by Crippen LogP contribution is -2.48. The van der Waals surface area contributed by atoms with E-state index < -0.39 is 0 Å². The van der Waals surface area contributed by atoms with Crippen LogP contribution in [-0.4, -0.2) is 96.1 Å². The first-order valence-electron chi connectivity index (χ1n) is 11.0. The Morgan fingerprint density at radius 2 is 1.80 bits per heavy atom. The van der Waals surface area contributed by atoms with Crippen LogP contribution in [0.15, 0.2) is 0 Å². The molecule has 1 amide bonds. The number of ether oxygens (including phenoxy) is 2. The van der Waals surface area contributed by atoms with Crippen LogP contribution in [0.1, 0.15) is 48.4 Å². The van der Waals surface area contributed by atoms with Gasteiger partial charge in [-0.3, -0.25) is 9.58 Å². The number of likely N-dealkylation sites (N-methyl/N-ethyl adjacent to an activating group) is 1. The van der Waals surface area contributed by atoms with Gasteiger partial charge in [-0.05, 0) is 40.8 Å². The quantitative estimate of drug-likeness (QED) is 0.619. The maximum atomic E-state index is 12.5. The Morgan fingerprint density at radius 3 is 2.43 bits per heavy atom. The second-order valence-corrected chi connectivity index (χ2v) is 8.16. The highest BCUT2D eigenvalue weighted by molar-refractivity contribution is 5.89. The molecule has 0 aromatic carbocycles. The number of fused-ring (bicyclic) bond motifs is 1. The zero-order chi connectivity index (χ0) is 21.7. The van der Waals surface area contributed by atoms with Crippen molar-refractivity contribution in [3.63, 3.8) is 0 Å². The predicted octanol–water partition coefficient (Wildman–Crippen LogP) is 1.60. The molecule has 0 radical (unpaired) electrons. The van der Waals surface area contributed by atoms with E-state index in [1.807, 2.05) is 32.6 Å². The topological polar surface area (TPSA) is 80.1 Å². The zero-order valence-corrected chi connectivity index (χ0v) is 18.7. The number of esters is 1. The normalized spacial score (nSPS) is 17.8. The number of hydrogen-bond acceptors (Lipinski definition) is 7. The smallest absolute Gasteiger partial charge is 0.409 e. The fourth-order valence-corrected chi connectivity index (χ4v) is 4.29. The molecular weight excluding hydrogens is 386 g/mol. The van der Waals surface area contributed by atoms with E-state index in [0.717, 1.165) is 50.2 Å². The number of nitrogens with zero attached hydrogens (tertiary/aromatic N) is 5. The minimum absolute atomic E-state index is 0.219. The van der Waals surface area contributed by atoms with Crippen LogP contribution in [0.4, 0.5) is 4.79 Å². The molecule has 0 saturated carbocycles. The Hall–Kier alpha value is -2.13. The Balaban J connectivity index is 1.71. The van der Waals surface area contributed by atoms with Gasteiger partial charge in [-0.2, -0.15) is 5.10 Å². The molecule has 0 spiro atoms. The van der Waals surface area contributed by atoms with Crippen LogP contribution in [0.25, 0.3) is 0 Å². The molecule has 0 aliphatic carbocycles. The number of likely N-dealkylation sites (tertiary alicyclic amines) is 1. The number of carbonyl (C=O) groups is 2. The lowest BCUT2D eigenvalue weighted by molar-refractivity contribution is 0.0509. The van der Waals surface area contributed by atoms with Gasteiger partial charge in [-0.1, -0.05) is 0 Å². The molecule has 30 heavy (non-hydrogen) atoms. The maximum Gasteiger partial charge on any atom is 0.409 e. The number of rotatable bonds is 7. The van der Waals surface area contributed by atoms with Gasteiger partial charge in [0.05, 0.1) is 19.8 Å². The largest absolute Gasteiger partial charge is 0.461 e. The average Bonchev–Trinajstić information content (AvgIpc) is 3.11. The third-order valence-electron chi connectivity index (χ3n) is 5.90. The van der Waals surface area contributed by atoms with Crippen molar-refractivity contribution in [2.75, 3.05) is 53.5 Å². The Kier molecular flexibility index (Phi) is 7.71. The molecule has 1 aromatic heterocycles. The third-order valence-corrected chi connectivity index (χ3v) is 5.90. The number of carbonyl (C=O) groups excluding carboxylic acids is 2. The Bertz CT molecular complexity index is 740. The lowest BCUT2D eigenvalue weighted by Gasteiger charge is -2.39. The zero-order valence-electron chi connectivity index (χ0n) is 18.7. The van der Waals surface area contributed by atoms with E-state index in [1.165, 1.54) is 0 Å². The second-order valence-electron chi connectivity index (χ2n) is 8.16. The van der Waals surface area contributed by atoms with Gasteiger partial charge in [0, 0.05) is 56.4 Å². The highest BCUT2D eigenvalue weighted by Crippen LogP contribution is 2.28. The molecule has 0 N–H and O–H groups in total. The van der Waals surface area contributed by atoms with Crippen LogP contribution in [0.2, 0.25) is 0 Å². The molecule has 1 aromatic rings. The van der Waals surface area contributed by atoms with Gasteiger partial charge >= 0.3 is 12.1 Å². The summed E-state index contributed by atoms with van der Waals surface area (Å²) in [7, 11) is 4.07. The molecular formula is C21H35N5O4. The van der Waals surface area contributed by atoms with Crippen molar-refractivity contribution in [3.8, 4) is 0 Å². The third kappa shape index (κ3) is 5.13. The van der Waals surface area contributed by atoms with Gasteiger partial charge in [0.1, 0.15) is 0 Å². The molecule has 3 rings (SSSR count). The van der Waals surface area contributed by atoms with E-state index in [0.29, 0.717) is 44.6 Å². The number of amides is 1. The minimum Gasteiger partial charge on any atom is -0.461 e. The fourth-order valence-electron chi connectivity index (χ4n) is 4.29. The molecule has 1 fully saturated rings. The van der Waals surface area contributed by atoms with Gasteiger partial charge in [0.15, 0.2) is 5.69 Å². The van der Waals surface area contributed by atoms with E-state index >= 15 is 0 Å². The van der Waals surface area contributed by atoms with Crippen molar-refractivity contribution < 1.29 is 19.1 Å². The predicted molar refractivity (Wildman–Crippen MR) is 112 cm³/mol. The highest BCUT2D eigenvalue weighted by atomic mass is 16.6. The summed E-state index contributed by atoms with van der Waals surface area (Å²) in [6.45, 7) is 9.07. The van der Waals surface area contributed by atoms with Crippen LogP contribution in [0, 0.1) is 0 Å². The van der Waals surface area contributed by atoms with E-state index in [2.05, 4.69) is 14.9 Å². The summed E-state index contributed by atoms with van der Waals surface area (Å²) in [5, 5.41) is 4.64. The van der Waals surface area contributed by atoms with Crippen molar-refractivity contribution in [3.05, 3.63) is 17.0 Å². The monoisotopic (exact) mass is 421 g/mol. The second kappa shape index (κ2) is 10.3. The first kappa shape index (κ1) is 22.6. The van der Waals surface area contributed by atoms with Crippen molar-refractivity contribution in [2.24, 2.45) is 0 Å². The molecule has 1 saturated heterocycles. The molecule has 9 heteroatoms. The summed E-state index contributed by atoms with van der Waals surface area (Å²) in [5.41, 5.74) is 2.62. The Labute approximate surface area is 178 Å². The van der Waals surface area contributed by atoms with E-state index in [1.54, 1.807) is 4.90 Å². The van der Waals surface area contributed by atoms with Crippen LogP contribution in [0.3, 0.4) is 0 Å². The van der Waals surface area contributed by atoms with E-state index in [9.17, 15) is 9.59 Å². The van der Waals surface area contributed by atoms with Gasteiger partial charge in [0.2, 0.25) is 0 Å². The van der Waals surface area contributed by atoms with Crippen molar-refractivity contribution in [1.29, 1.82) is 0 Å². The standard InChI is InChI=1S/C21H35N5O4/c1-5-29-20(27)19-17-15-25(12-9-18(17)26(22-19)14-13-23(3)4)16-7-10-24(11-8-16)21(28)30-6-2/h16H,5-15H2,1-4H3. The summed E-state index contributed by atoms with van der Waals surface area (Å²) < 4.78 is 12.4. The van der Waals surface area contributed by atoms with Crippen LogP contribution < -0.4 is 0 Å². The highest BCUT2D eigenvalue weighted by Gasteiger charge is 2.33. The van der Waals surface area contributed by atoms with Crippen molar-refractivity contribution in [2.45, 2.75) is 52.2 Å². The van der Waals surface area contributed by atoms with Gasteiger partial charge < -0.3 is 19.3 Å². The molecule has 3 heterocycles.